The molecule has 0 saturated carbocycles. The first-order valence-electron chi connectivity index (χ1n) is 9.83. The van der Waals surface area contributed by atoms with E-state index in [4.69, 9.17) is 5.26 Å². The molecule has 1 aromatic heterocycles. The summed E-state index contributed by atoms with van der Waals surface area (Å²) < 4.78 is 0.681. The highest BCUT2D eigenvalue weighted by molar-refractivity contribution is 8.00. The maximum absolute atomic E-state index is 12.6. The molecule has 1 N–H and O–H groups in total. The maximum Gasteiger partial charge on any atom is 0.293 e. The molecule has 0 atom stereocenters. The van der Waals surface area contributed by atoms with Gasteiger partial charge in [0.05, 0.1) is 16.6 Å². The van der Waals surface area contributed by atoms with Gasteiger partial charge in [-0.2, -0.15) is 5.26 Å². The Morgan fingerprint density at radius 1 is 1.22 bits per heavy atom. The van der Waals surface area contributed by atoms with Crippen molar-refractivity contribution in [2.24, 2.45) is 0 Å². The Hall–Kier alpha value is -3.49. The second-order valence-electron chi connectivity index (χ2n) is 7.08. The van der Waals surface area contributed by atoms with Crippen LogP contribution in [0.3, 0.4) is 0 Å². The number of benzene rings is 2. The molecule has 1 aliphatic heterocycles. The number of rotatable bonds is 7. The summed E-state index contributed by atoms with van der Waals surface area (Å²) in [6.45, 7) is 1.56. The SMILES string of the molecule is N#Cc1ccc(CSc2nnc(NC(=O)c3ccc(N4CCCC4)c([N+](=O)[O-])c3)s2)cc1. The van der Waals surface area contributed by atoms with Crippen LogP contribution in [0.5, 0.6) is 0 Å². The predicted molar refractivity (Wildman–Crippen MR) is 123 cm³/mol. The van der Waals surface area contributed by atoms with Gasteiger partial charge in [0.25, 0.3) is 11.6 Å². The van der Waals surface area contributed by atoms with Gasteiger partial charge in [-0.3, -0.25) is 20.2 Å². The highest BCUT2D eigenvalue weighted by Gasteiger charge is 2.24. The van der Waals surface area contributed by atoms with Crippen LogP contribution < -0.4 is 10.2 Å². The minimum absolute atomic E-state index is 0.0736. The molecule has 4 rings (SSSR count). The average Bonchev–Trinajstić information content (AvgIpc) is 3.50. The van der Waals surface area contributed by atoms with Crippen molar-refractivity contribution in [1.29, 1.82) is 5.26 Å². The molecule has 0 bridgehead atoms. The number of nitrogens with one attached hydrogen (secondary N) is 1. The van der Waals surface area contributed by atoms with E-state index < -0.39 is 10.8 Å². The Bertz CT molecular complexity index is 1180. The summed E-state index contributed by atoms with van der Waals surface area (Å²) in [4.78, 5) is 25.7. The number of aromatic nitrogens is 2. The molecular weight excluding hydrogens is 448 g/mol. The average molecular weight is 467 g/mol. The van der Waals surface area contributed by atoms with Crippen molar-refractivity contribution in [3.05, 3.63) is 69.3 Å². The molecule has 162 valence electrons. The van der Waals surface area contributed by atoms with Gasteiger partial charge in [-0.05, 0) is 42.7 Å². The fourth-order valence-corrected chi connectivity index (χ4v) is 5.05. The van der Waals surface area contributed by atoms with Gasteiger partial charge in [0.1, 0.15) is 5.69 Å². The van der Waals surface area contributed by atoms with E-state index in [0.29, 0.717) is 26.5 Å². The van der Waals surface area contributed by atoms with Crippen molar-refractivity contribution >= 4 is 45.5 Å². The van der Waals surface area contributed by atoms with Crippen LogP contribution in [-0.2, 0) is 5.75 Å². The number of amides is 1. The number of carbonyl (C=O) groups is 1. The van der Waals surface area contributed by atoms with E-state index in [1.54, 1.807) is 24.3 Å². The summed E-state index contributed by atoms with van der Waals surface area (Å²) in [5, 5.41) is 31.5. The fourth-order valence-electron chi connectivity index (χ4n) is 3.34. The van der Waals surface area contributed by atoms with Crippen molar-refractivity contribution in [3.63, 3.8) is 0 Å². The van der Waals surface area contributed by atoms with Crippen LogP contribution in [0.1, 0.15) is 34.3 Å². The number of carbonyl (C=O) groups excluding carboxylic acids is 1. The van der Waals surface area contributed by atoms with Crippen LogP contribution in [0.15, 0.2) is 46.8 Å². The van der Waals surface area contributed by atoms with Gasteiger partial charge in [0, 0.05) is 30.5 Å². The zero-order valence-electron chi connectivity index (χ0n) is 16.9. The normalized spacial score (nSPS) is 13.0. The van der Waals surface area contributed by atoms with E-state index in [1.165, 1.54) is 29.2 Å². The van der Waals surface area contributed by atoms with E-state index in [9.17, 15) is 14.9 Å². The van der Waals surface area contributed by atoms with Crippen LogP contribution in [0.25, 0.3) is 0 Å². The molecule has 1 saturated heterocycles. The van der Waals surface area contributed by atoms with Crippen molar-refractivity contribution in [2.45, 2.75) is 22.9 Å². The molecule has 0 aliphatic carbocycles. The zero-order chi connectivity index (χ0) is 22.5. The fraction of sp³-hybridized carbons (Fsp3) is 0.238. The lowest BCUT2D eigenvalue weighted by atomic mass is 10.1. The molecule has 32 heavy (non-hydrogen) atoms. The van der Waals surface area contributed by atoms with Crippen LogP contribution in [0.4, 0.5) is 16.5 Å². The number of hydrogen-bond donors (Lipinski definition) is 1. The van der Waals surface area contributed by atoms with Crippen LogP contribution >= 0.6 is 23.1 Å². The predicted octanol–water partition coefficient (Wildman–Crippen LogP) is 4.46. The Morgan fingerprint density at radius 2 is 1.97 bits per heavy atom. The lowest BCUT2D eigenvalue weighted by molar-refractivity contribution is -0.384. The number of nitrogens with zero attached hydrogens (tertiary/aromatic N) is 5. The molecule has 0 radical (unpaired) electrons. The molecule has 3 aromatic rings. The van der Waals surface area contributed by atoms with E-state index in [2.05, 4.69) is 21.6 Å². The second kappa shape index (κ2) is 9.76. The number of thioether (sulfide) groups is 1. The van der Waals surface area contributed by atoms with Gasteiger partial charge >= 0.3 is 0 Å². The number of nitro benzene ring substituents is 1. The molecule has 0 unspecified atom stereocenters. The Morgan fingerprint density at radius 3 is 2.66 bits per heavy atom. The summed E-state index contributed by atoms with van der Waals surface area (Å²) in [5.41, 5.74) is 2.31. The standard InChI is InChI=1S/C21H18N6O3S2/c22-12-14-3-5-15(6-4-14)13-31-21-25-24-20(32-21)23-19(28)16-7-8-17(18(11-16)27(29)30)26-9-1-2-10-26/h3-8,11H,1-2,9-10,13H2,(H,23,24,28). The number of nitro groups is 1. The largest absolute Gasteiger partial charge is 0.366 e. The van der Waals surface area contributed by atoms with E-state index in [-0.39, 0.29) is 11.3 Å². The first-order chi connectivity index (χ1) is 15.5. The lowest BCUT2D eigenvalue weighted by Gasteiger charge is -2.17. The van der Waals surface area contributed by atoms with Gasteiger partial charge in [-0.25, -0.2) is 0 Å². The Balaban J connectivity index is 1.40. The van der Waals surface area contributed by atoms with Gasteiger partial charge in [0.2, 0.25) is 5.13 Å². The summed E-state index contributed by atoms with van der Waals surface area (Å²) >= 11 is 2.70. The molecule has 2 heterocycles. The zero-order valence-corrected chi connectivity index (χ0v) is 18.5. The van der Waals surface area contributed by atoms with Crippen LogP contribution in [0, 0.1) is 21.4 Å². The number of nitriles is 1. The van der Waals surface area contributed by atoms with Crippen LogP contribution in [-0.4, -0.2) is 34.1 Å². The van der Waals surface area contributed by atoms with E-state index >= 15 is 0 Å². The maximum atomic E-state index is 12.6. The lowest BCUT2D eigenvalue weighted by Crippen LogP contribution is -2.19. The molecular formula is C21H18N6O3S2. The van der Waals surface area contributed by atoms with Gasteiger partial charge in [0.15, 0.2) is 4.34 Å². The van der Waals surface area contributed by atoms with Crippen molar-refractivity contribution in [2.75, 3.05) is 23.3 Å². The minimum Gasteiger partial charge on any atom is -0.366 e. The highest BCUT2D eigenvalue weighted by atomic mass is 32.2. The monoisotopic (exact) mass is 466 g/mol. The number of anilines is 2. The molecule has 0 spiro atoms. The van der Waals surface area contributed by atoms with Crippen molar-refractivity contribution in [3.8, 4) is 6.07 Å². The molecule has 11 heteroatoms. The third-order valence-corrected chi connectivity index (χ3v) is 7.00. The Labute approximate surface area is 192 Å². The number of hydrogen-bond acceptors (Lipinski definition) is 9. The van der Waals surface area contributed by atoms with Crippen LogP contribution in [0.2, 0.25) is 0 Å². The van der Waals surface area contributed by atoms with Crippen molar-refractivity contribution < 1.29 is 9.72 Å². The summed E-state index contributed by atoms with van der Waals surface area (Å²) in [7, 11) is 0. The molecule has 1 fully saturated rings. The second-order valence-corrected chi connectivity index (χ2v) is 9.28. The van der Waals surface area contributed by atoms with E-state index in [0.717, 1.165) is 31.5 Å². The van der Waals surface area contributed by atoms with Crippen molar-refractivity contribution in [1.82, 2.24) is 10.2 Å². The van der Waals surface area contributed by atoms with Gasteiger partial charge < -0.3 is 4.90 Å². The van der Waals surface area contributed by atoms with Gasteiger partial charge in [-0.15, -0.1) is 10.2 Å². The smallest absolute Gasteiger partial charge is 0.293 e. The molecule has 2 aromatic carbocycles. The first kappa shape index (κ1) is 21.7. The Kier molecular flexibility index (Phi) is 6.63. The molecule has 1 amide bonds. The summed E-state index contributed by atoms with van der Waals surface area (Å²) in [6.07, 6.45) is 2.00. The third-order valence-electron chi connectivity index (χ3n) is 4.95. The molecule has 9 nitrogen and oxygen atoms in total. The van der Waals surface area contributed by atoms with E-state index in [1.807, 2.05) is 17.0 Å². The third kappa shape index (κ3) is 5.04. The quantitative estimate of drug-likeness (QED) is 0.234. The highest BCUT2D eigenvalue weighted by Crippen LogP contribution is 2.32. The molecule has 1 aliphatic rings. The summed E-state index contributed by atoms with van der Waals surface area (Å²) in [6, 6.07) is 13.9. The first-order valence-corrected chi connectivity index (χ1v) is 11.6. The topological polar surface area (TPSA) is 125 Å². The summed E-state index contributed by atoms with van der Waals surface area (Å²) in [5.74, 6) is 0.180. The minimum atomic E-state index is -0.471. The van der Waals surface area contributed by atoms with Gasteiger partial charge in [-0.1, -0.05) is 35.2 Å².